The molecule has 0 saturated carbocycles. The van der Waals surface area contributed by atoms with Gasteiger partial charge in [-0.15, -0.1) is 0 Å². The Labute approximate surface area is 165 Å². The summed E-state index contributed by atoms with van der Waals surface area (Å²) in [5.41, 5.74) is 6.17. The van der Waals surface area contributed by atoms with Gasteiger partial charge < -0.3 is 5.32 Å². The van der Waals surface area contributed by atoms with Crippen LogP contribution in [-0.2, 0) is 4.79 Å². The van der Waals surface area contributed by atoms with Crippen LogP contribution in [0.5, 0.6) is 0 Å². The summed E-state index contributed by atoms with van der Waals surface area (Å²) in [6, 6.07) is 16.4. The van der Waals surface area contributed by atoms with Crippen LogP contribution in [0.3, 0.4) is 0 Å². The summed E-state index contributed by atoms with van der Waals surface area (Å²) < 4.78 is 1.52. The van der Waals surface area contributed by atoms with Crippen LogP contribution in [0.4, 0.5) is 0 Å². The third-order valence-corrected chi connectivity index (χ3v) is 4.88. The van der Waals surface area contributed by atoms with Crippen molar-refractivity contribution < 1.29 is 4.79 Å². The molecule has 0 spiro atoms. The van der Waals surface area contributed by atoms with Crippen molar-refractivity contribution in [1.82, 2.24) is 25.7 Å². The van der Waals surface area contributed by atoms with Crippen molar-refractivity contribution >= 4 is 45.9 Å². The fourth-order valence-corrected chi connectivity index (χ4v) is 3.23. The second-order valence-electron chi connectivity index (χ2n) is 5.43. The summed E-state index contributed by atoms with van der Waals surface area (Å²) in [7, 11) is 1.65. The van der Waals surface area contributed by atoms with E-state index in [1.165, 1.54) is 16.3 Å². The van der Waals surface area contributed by atoms with Gasteiger partial charge in [-0.05, 0) is 36.5 Å². The fraction of sp³-hybridized carbons (Fsp3) is 0.111. The zero-order valence-electron chi connectivity index (χ0n) is 14.4. The second-order valence-corrected chi connectivity index (χ2v) is 6.78. The highest BCUT2D eigenvalue weighted by molar-refractivity contribution is 7.99. The lowest BCUT2D eigenvalue weighted by molar-refractivity contribution is -0.119. The van der Waals surface area contributed by atoms with E-state index in [1.807, 2.05) is 36.4 Å². The largest absolute Gasteiger partial charge is 0.364 e. The Kier molecular flexibility index (Phi) is 6.05. The Hall–Kier alpha value is -2.91. The van der Waals surface area contributed by atoms with Crippen molar-refractivity contribution in [3.8, 4) is 5.69 Å². The van der Waals surface area contributed by atoms with E-state index in [1.54, 1.807) is 25.2 Å². The van der Waals surface area contributed by atoms with Crippen molar-refractivity contribution in [2.75, 3.05) is 12.8 Å². The van der Waals surface area contributed by atoms with Gasteiger partial charge in [0.15, 0.2) is 10.3 Å². The summed E-state index contributed by atoms with van der Waals surface area (Å²) in [5, 5.41) is 3.96. The van der Waals surface area contributed by atoms with Crippen molar-refractivity contribution in [3.63, 3.8) is 0 Å². The smallest absolute Gasteiger partial charge is 0.266 e. The van der Waals surface area contributed by atoms with Gasteiger partial charge in [0.05, 0.1) is 22.3 Å². The lowest BCUT2D eigenvalue weighted by Crippen LogP contribution is -2.46. The maximum absolute atomic E-state index is 13.0. The number of hydrogen-bond donors (Lipinski definition) is 3. The average Bonchev–Trinajstić information content (AvgIpc) is 2.71. The monoisotopic (exact) mass is 399 g/mol. The molecule has 0 fully saturated rings. The molecule has 3 rings (SSSR count). The SMILES string of the molecule is CNC(=S)NNC(=O)CSc1nc2ccccc2c(=O)n1-c1ccccc1. The molecule has 0 radical (unpaired) electrons. The van der Waals surface area contributed by atoms with Gasteiger partial charge in [-0.25, -0.2) is 4.98 Å². The molecule has 0 aliphatic rings. The quantitative estimate of drug-likeness (QED) is 0.266. The van der Waals surface area contributed by atoms with Crippen LogP contribution in [0.25, 0.3) is 16.6 Å². The van der Waals surface area contributed by atoms with Gasteiger partial charge in [0.2, 0.25) is 5.91 Å². The lowest BCUT2D eigenvalue weighted by Gasteiger charge is -2.13. The molecule has 3 N–H and O–H groups in total. The van der Waals surface area contributed by atoms with E-state index in [4.69, 9.17) is 12.2 Å². The van der Waals surface area contributed by atoms with Crippen LogP contribution in [0, 0.1) is 0 Å². The molecule has 7 nitrogen and oxygen atoms in total. The molecule has 1 aromatic heterocycles. The summed E-state index contributed by atoms with van der Waals surface area (Å²) in [6.45, 7) is 0. The number of thiocarbonyl (C=S) groups is 1. The average molecular weight is 400 g/mol. The number of nitrogens with zero attached hydrogens (tertiary/aromatic N) is 2. The molecule has 0 unspecified atom stereocenters. The first-order chi connectivity index (χ1) is 13.1. The van der Waals surface area contributed by atoms with Gasteiger partial charge in [-0.1, -0.05) is 42.1 Å². The number of hydrazine groups is 1. The predicted octanol–water partition coefficient (Wildman–Crippen LogP) is 1.60. The number of rotatable bonds is 4. The molecule has 138 valence electrons. The van der Waals surface area contributed by atoms with E-state index in [2.05, 4.69) is 21.2 Å². The minimum absolute atomic E-state index is 0.0664. The van der Waals surface area contributed by atoms with E-state index < -0.39 is 0 Å². The predicted molar refractivity (Wildman–Crippen MR) is 111 cm³/mol. The molecular formula is C18H17N5O2S2. The van der Waals surface area contributed by atoms with E-state index in [9.17, 15) is 9.59 Å². The number of benzene rings is 2. The summed E-state index contributed by atoms with van der Waals surface area (Å²) in [5.74, 6) is -0.226. The number of nitrogens with one attached hydrogen (secondary N) is 3. The third kappa shape index (κ3) is 4.44. The van der Waals surface area contributed by atoms with Crippen LogP contribution in [0.1, 0.15) is 0 Å². The highest BCUT2D eigenvalue weighted by atomic mass is 32.2. The molecule has 0 aliphatic heterocycles. The highest BCUT2D eigenvalue weighted by Crippen LogP contribution is 2.21. The topological polar surface area (TPSA) is 88.1 Å². The molecule has 2 aromatic carbocycles. The summed E-state index contributed by atoms with van der Waals surface area (Å²) in [4.78, 5) is 29.6. The Morgan fingerprint density at radius 3 is 2.56 bits per heavy atom. The normalized spacial score (nSPS) is 10.4. The number of amides is 1. The van der Waals surface area contributed by atoms with E-state index in [-0.39, 0.29) is 17.2 Å². The summed E-state index contributed by atoms with van der Waals surface area (Å²) in [6.07, 6.45) is 0. The van der Waals surface area contributed by atoms with E-state index in [0.717, 1.165) is 0 Å². The highest BCUT2D eigenvalue weighted by Gasteiger charge is 2.14. The summed E-state index contributed by atoms with van der Waals surface area (Å²) >= 11 is 6.08. The van der Waals surface area contributed by atoms with Crippen molar-refractivity contribution in [2.45, 2.75) is 5.16 Å². The molecule has 0 bridgehead atoms. The van der Waals surface area contributed by atoms with E-state index >= 15 is 0 Å². The van der Waals surface area contributed by atoms with Crippen molar-refractivity contribution in [3.05, 3.63) is 65.0 Å². The fourth-order valence-electron chi connectivity index (χ4n) is 2.37. The molecule has 1 amide bonds. The minimum Gasteiger partial charge on any atom is -0.364 e. The first kappa shape index (κ1) is 18.9. The Morgan fingerprint density at radius 2 is 1.81 bits per heavy atom. The molecule has 27 heavy (non-hydrogen) atoms. The molecule has 0 aliphatic carbocycles. The molecule has 0 saturated heterocycles. The Balaban J connectivity index is 1.93. The zero-order valence-corrected chi connectivity index (χ0v) is 16.1. The maximum Gasteiger partial charge on any atom is 0.266 e. The van der Waals surface area contributed by atoms with Crippen LogP contribution in [0.15, 0.2) is 64.5 Å². The number of carbonyl (C=O) groups is 1. The van der Waals surface area contributed by atoms with Gasteiger partial charge in [0, 0.05) is 7.05 Å². The molecule has 0 atom stereocenters. The van der Waals surface area contributed by atoms with Crippen molar-refractivity contribution in [1.29, 1.82) is 0 Å². The van der Waals surface area contributed by atoms with Gasteiger partial charge in [0.1, 0.15) is 0 Å². The van der Waals surface area contributed by atoms with Crippen LogP contribution in [0.2, 0.25) is 0 Å². The standard InChI is InChI=1S/C18H17N5O2S2/c1-19-17(26)22-21-15(24)11-27-18-20-14-10-6-5-9-13(14)16(25)23(18)12-7-3-2-4-8-12/h2-10H,11H2,1H3,(H,21,24)(H2,19,22,26). The molecular weight excluding hydrogens is 382 g/mol. The van der Waals surface area contributed by atoms with Gasteiger partial charge in [0.25, 0.3) is 5.56 Å². The molecule has 9 heteroatoms. The number of aromatic nitrogens is 2. The second kappa shape index (κ2) is 8.65. The van der Waals surface area contributed by atoms with E-state index in [0.29, 0.717) is 26.9 Å². The number of hydrogen-bond acceptors (Lipinski definition) is 5. The number of thioether (sulfide) groups is 1. The van der Waals surface area contributed by atoms with Gasteiger partial charge in [-0.2, -0.15) is 0 Å². The first-order valence-corrected chi connectivity index (χ1v) is 9.46. The number of carbonyl (C=O) groups excluding carboxylic acids is 1. The van der Waals surface area contributed by atoms with Crippen LogP contribution in [-0.4, -0.2) is 33.4 Å². The van der Waals surface area contributed by atoms with Crippen LogP contribution < -0.4 is 21.7 Å². The number of para-hydroxylation sites is 2. The Bertz CT molecular complexity index is 1040. The minimum atomic E-state index is -0.292. The lowest BCUT2D eigenvalue weighted by atomic mass is 10.2. The van der Waals surface area contributed by atoms with Crippen molar-refractivity contribution in [2.24, 2.45) is 0 Å². The van der Waals surface area contributed by atoms with Gasteiger partial charge in [-0.3, -0.25) is 25.0 Å². The number of fused-ring (bicyclic) bond motifs is 1. The molecule has 1 heterocycles. The maximum atomic E-state index is 13.0. The Morgan fingerprint density at radius 1 is 1.11 bits per heavy atom. The van der Waals surface area contributed by atoms with Gasteiger partial charge >= 0.3 is 0 Å². The van der Waals surface area contributed by atoms with Crippen LogP contribution >= 0.6 is 24.0 Å². The zero-order chi connectivity index (χ0) is 19.2. The third-order valence-electron chi connectivity index (χ3n) is 3.63. The first-order valence-electron chi connectivity index (χ1n) is 8.06. The molecule has 3 aromatic rings.